The SMILES string of the molecule is CCCNC(=O)C(C)(C)n1cc(C)c(-c2ccccc2)n1. The molecule has 1 heterocycles. The van der Waals surface area contributed by atoms with Crippen LogP contribution in [0.25, 0.3) is 11.3 Å². The molecule has 0 spiro atoms. The van der Waals surface area contributed by atoms with Gasteiger partial charge in [0, 0.05) is 18.3 Å². The highest BCUT2D eigenvalue weighted by atomic mass is 16.2. The maximum Gasteiger partial charge on any atom is 0.247 e. The molecule has 0 bridgehead atoms. The van der Waals surface area contributed by atoms with E-state index in [9.17, 15) is 4.79 Å². The zero-order valence-electron chi connectivity index (χ0n) is 13.2. The summed E-state index contributed by atoms with van der Waals surface area (Å²) in [4.78, 5) is 12.3. The highest BCUT2D eigenvalue weighted by Gasteiger charge is 2.31. The van der Waals surface area contributed by atoms with Gasteiger partial charge in [0.25, 0.3) is 0 Å². The second-order valence-electron chi connectivity index (χ2n) is 5.79. The van der Waals surface area contributed by atoms with Gasteiger partial charge < -0.3 is 5.32 Å². The van der Waals surface area contributed by atoms with Gasteiger partial charge in [-0.1, -0.05) is 37.3 Å². The van der Waals surface area contributed by atoms with E-state index in [1.807, 2.05) is 64.2 Å². The van der Waals surface area contributed by atoms with Crippen molar-refractivity contribution in [3.63, 3.8) is 0 Å². The third-order valence-corrected chi connectivity index (χ3v) is 3.61. The van der Waals surface area contributed by atoms with E-state index in [4.69, 9.17) is 0 Å². The Morgan fingerprint density at radius 2 is 1.95 bits per heavy atom. The molecule has 0 aliphatic rings. The summed E-state index contributed by atoms with van der Waals surface area (Å²) in [5.74, 6) is -0.00791. The predicted octanol–water partition coefficient (Wildman–Crippen LogP) is 3.12. The van der Waals surface area contributed by atoms with Gasteiger partial charge in [0.1, 0.15) is 5.54 Å². The van der Waals surface area contributed by atoms with Gasteiger partial charge in [0.05, 0.1) is 5.69 Å². The molecule has 2 aromatic rings. The Labute approximate surface area is 126 Å². The molecule has 4 heteroatoms. The minimum atomic E-state index is -0.701. The normalized spacial score (nSPS) is 11.4. The number of aromatic nitrogens is 2. The maximum atomic E-state index is 12.3. The van der Waals surface area contributed by atoms with Crippen molar-refractivity contribution in [2.24, 2.45) is 0 Å². The molecule has 0 radical (unpaired) electrons. The first kappa shape index (κ1) is 15.3. The summed E-state index contributed by atoms with van der Waals surface area (Å²) in [5, 5.41) is 7.58. The molecule has 1 amide bonds. The van der Waals surface area contributed by atoms with Gasteiger partial charge in [-0.15, -0.1) is 0 Å². The Morgan fingerprint density at radius 1 is 1.29 bits per heavy atom. The Kier molecular flexibility index (Phi) is 4.46. The van der Waals surface area contributed by atoms with Crippen LogP contribution in [0, 0.1) is 6.92 Å². The van der Waals surface area contributed by atoms with Crippen molar-refractivity contribution < 1.29 is 4.79 Å². The average Bonchev–Trinajstić information content (AvgIpc) is 2.88. The van der Waals surface area contributed by atoms with E-state index in [1.165, 1.54) is 0 Å². The first-order valence-corrected chi connectivity index (χ1v) is 7.37. The van der Waals surface area contributed by atoms with Crippen molar-refractivity contribution in [2.45, 2.75) is 39.7 Å². The van der Waals surface area contributed by atoms with E-state index in [1.54, 1.807) is 4.68 Å². The topological polar surface area (TPSA) is 46.9 Å². The van der Waals surface area contributed by atoms with Crippen LogP contribution in [0.15, 0.2) is 36.5 Å². The minimum absolute atomic E-state index is 0.00791. The van der Waals surface area contributed by atoms with Gasteiger partial charge in [-0.05, 0) is 32.8 Å². The summed E-state index contributed by atoms with van der Waals surface area (Å²) >= 11 is 0. The number of amides is 1. The van der Waals surface area contributed by atoms with Crippen LogP contribution in [0.3, 0.4) is 0 Å². The molecular formula is C17H23N3O. The van der Waals surface area contributed by atoms with Gasteiger partial charge in [-0.3, -0.25) is 9.48 Å². The monoisotopic (exact) mass is 285 g/mol. The zero-order chi connectivity index (χ0) is 15.5. The molecule has 0 unspecified atom stereocenters. The van der Waals surface area contributed by atoms with Crippen LogP contribution in [0.1, 0.15) is 32.8 Å². The lowest BCUT2D eigenvalue weighted by molar-refractivity contribution is -0.128. The number of carbonyl (C=O) groups is 1. The minimum Gasteiger partial charge on any atom is -0.354 e. The van der Waals surface area contributed by atoms with E-state index < -0.39 is 5.54 Å². The number of hydrogen-bond acceptors (Lipinski definition) is 2. The highest BCUT2D eigenvalue weighted by molar-refractivity contribution is 5.83. The third kappa shape index (κ3) is 3.15. The number of rotatable bonds is 5. The molecular weight excluding hydrogens is 262 g/mol. The lowest BCUT2D eigenvalue weighted by atomic mass is 10.1. The molecule has 112 valence electrons. The summed E-state index contributed by atoms with van der Waals surface area (Å²) in [6.07, 6.45) is 2.86. The fourth-order valence-electron chi connectivity index (χ4n) is 2.19. The molecule has 2 rings (SSSR count). The average molecular weight is 285 g/mol. The van der Waals surface area contributed by atoms with Gasteiger partial charge in [0.15, 0.2) is 0 Å². The number of aryl methyl sites for hydroxylation is 1. The van der Waals surface area contributed by atoms with Gasteiger partial charge in [-0.2, -0.15) is 5.10 Å². The quantitative estimate of drug-likeness (QED) is 0.917. The molecule has 1 N–H and O–H groups in total. The number of nitrogens with zero attached hydrogens (tertiary/aromatic N) is 2. The van der Waals surface area contributed by atoms with Gasteiger partial charge in [0.2, 0.25) is 5.91 Å². The molecule has 1 aromatic carbocycles. The molecule has 0 aliphatic carbocycles. The number of hydrogen-bond donors (Lipinski definition) is 1. The molecule has 4 nitrogen and oxygen atoms in total. The van der Waals surface area contributed by atoms with Crippen LogP contribution in [0.2, 0.25) is 0 Å². The molecule has 21 heavy (non-hydrogen) atoms. The molecule has 0 atom stereocenters. The molecule has 0 saturated heterocycles. The first-order chi connectivity index (χ1) is 9.96. The van der Waals surface area contributed by atoms with Crippen LogP contribution < -0.4 is 5.32 Å². The molecule has 1 aromatic heterocycles. The van der Waals surface area contributed by atoms with Crippen LogP contribution in [-0.2, 0) is 10.3 Å². The Hall–Kier alpha value is -2.10. The van der Waals surface area contributed by atoms with E-state index in [-0.39, 0.29) is 5.91 Å². The Bertz CT molecular complexity index is 614. The smallest absolute Gasteiger partial charge is 0.247 e. The summed E-state index contributed by atoms with van der Waals surface area (Å²) in [6.45, 7) is 8.52. The predicted molar refractivity (Wildman–Crippen MR) is 85.0 cm³/mol. The maximum absolute atomic E-state index is 12.3. The first-order valence-electron chi connectivity index (χ1n) is 7.37. The van der Waals surface area contributed by atoms with Crippen molar-refractivity contribution in [3.8, 4) is 11.3 Å². The summed E-state index contributed by atoms with van der Waals surface area (Å²) in [7, 11) is 0. The van der Waals surface area contributed by atoms with Gasteiger partial charge >= 0.3 is 0 Å². The molecule has 0 fully saturated rings. The number of carbonyl (C=O) groups excluding carboxylic acids is 1. The molecule has 0 aliphatic heterocycles. The van der Waals surface area contributed by atoms with Crippen LogP contribution in [-0.4, -0.2) is 22.2 Å². The van der Waals surface area contributed by atoms with Crippen molar-refractivity contribution in [2.75, 3.05) is 6.54 Å². The standard InChI is InChI=1S/C17H23N3O/c1-5-11-18-16(21)17(3,4)20-12-13(2)15(19-20)14-9-7-6-8-10-14/h6-10,12H,5,11H2,1-4H3,(H,18,21). The largest absolute Gasteiger partial charge is 0.354 e. The van der Waals surface area contributed by atoms with Crippen molar-refractivity contribution in [1.29, 1.82) is 0 Å². The van der Waals surface area contributed by atoms with Crippen molar-refractivity contribution in [1.82, 2.24) is 15.1 Å². The fraction of sp³-hybridized carbons (Fsp3) is 0.412. The number of nitrogens with one attached hydrogen (secondary N) is 1. The van der Waals surface area contributed by atoms with Crippen LogP contribution >= 0.6 is 0 Å². The van der Waals surface area contributed by atoms with Crippen molar-refractivity contribution >= 4 is 5.91 Å². The second kappa shape index (κ2) is 6.12. The molecule has 0 saturated carbocycles. The summed E-state index contributed by atoms with van der Waals surface area (Å²) in [5.41, 5.74) is 2.36. The van der Waals surface area contributed by atoms with E-state index >= 15 is 0 Å². The van der Waals surface area contributed by atoms with E-state index in [0.717, 1.165) is 23.2 Å². The van der Waals surface area contributed by atoms with E-state index in [0.29, 0.717) is 6.54 Å². The van der Waals surface area contributed by atoms with Gasteiger partial charge in [-0.25, -0.2) is 0 Å². The number of benzene rings is 1. The summed E-state index contributed by atoms with van der Waals surface area (Å²) < 4.78 is 1.76. The Balaban J connectivity index is 2.31. The van der Waals surface area contributed by atoms with Crippen LogP contribution in [0.5, 0.6) is 0 Å². The van der Waals surface area contributed by atoms with E-state index in [2.05, 4.69) is 10.4 Å². The van der Waals surface area contributed by atoms with Crippen LogP contribution in [0.4, 0.5) is 0 Å². The second-order valence-corrected chi connectivity index (χ2v) is 5.79. The lowest BCUT2D eigenvalue weighted by Crippen LogP contribution is -2.45. The fourth-order valence-corrected chi connectivity index (χ4v) is 2.19. The van der Waals surface area contributed by atoms with Crippen molar-refractivity contribution in [3.05, 3.63) is 42.1 Å². The Morgan fingerprint density at radius 3 is 2.57 bits per heavy atom. The summed E-state index contributed by atoms with van der Waals surface area (Å²) in [6, 6.07) is 10.0. The third-order valence-electron chi connectivity index (χ3n) is 3.61. The highest BCUT2D eigenvalue weighted by Crippen LogP contribution is 2.24. The zero-order valence-corrected chi connectivity index (χ0v) is 13.2. The lowest BCUT2D eigenvalue weighted by Gasteiger charge is -2.24.